The van der Waals surface area contributed by atoms with Crippen molar-refractivity contribution in [3.63, 3.8) is 0 Å². The molecule has 0 aliphatic rings. The van der Waals surface area contributed by atoms with Crippen LogP contribution in [0.1, 0.15) is 28.7 Å². The molecule has 23 heavy (non-hydrogen) atoms. The summed E-state index contributed by atoms with van der Waals surface area (Å²) < 4.78 is 1.80. The van der Waals surface area contributed by atoms with Crippen LogP contribution in [0.25, 0.3) is 0 Å². The molecule has 0 radical (unpaired) electrons. The van der Waals surface area contributed by atoms with E-state index in [1.807, 2.05) is 24.6 Å². The number of thiophene rings is 1. The van der Waals surface area contributed by atoms with E-state index in [0.717, 1.165) is 17.1 Å². The third-order valence-electron chi connectivity index (χ3n) is 3.45. The summed E-state index contributed by atoms with van der Waals surface area (Å²) in [4.78, 5) is 16.6. The summed E-state index contributed by atoms with van der Waals surface area (Å²) >= 11 is 3.24. The maximum atomic E-state index is 12.3. The Morgan fingerprint density at radius 3 is 2.96 bits per heavy atom. The van der Waals surface area contributed by atoms with Crippen LogP contribution in [0.15, 0.2) is 40.7 Å². The first kappa shape index (κ1) is 15.9. The molecule has 0 fully saturated rings. The van der Waals surface area contributed by atoms with Crippen LogP contribution in [0.3, 0.4) is 0 Å². The summed E-state index contributed by atoms with van der Waals surface area (Å²) in [6.07, 6.45) is 4.85. The quantitative estimate of drug-likeness (QED) is 0.715. The molecule has 3 aromatic rings. The van der Waals surface area contributed by atoms with Crippen molar-refractivity contribution in [2.45, 2.75) is 32.4 Å². The minimum atomic E-state index is -0.0727. The molecule has 5 nitrogen and oxygen atoms in total. The van der Waals surface area contributed by atoms with Crippen molar-refractivity contribution in [2.75, 3.05) is 0 Å². The Morgan fingerprint density at radius 2 is 2.30 bits per heavy atom. The molecule has 0 spiro atoms. The topological polar surface area (TPSA) is 59.8 Å². The molecule has 120 valence electrons. The maximum Gasteiger partial charge on any atom is 0.222 e. The first-order valence-electron chi connectivity index (χ1n) is 7.40. The molecule has 3 rings (SSSR count). The Bertz CT molecular complexity index is 734. The van der Waals surface area contributed by atoms with E-state index in [1.165, 1.54) is 5.56 Å². The molecular weight excluding hydrogens is 328 g/mol. The Morgan fingerprint density at radius 1 is 1.39 bits per heavy atom. The molecule has 0 aliphatic carbocycles. The SMILES string of the molecule is Cc1ccn(CCC(=O)N[C@@H](Cc2ccsc2)c2nccs2)n1. The summed E-state index contributed by atoms with van der Waals surface area (Å²) in [6, 6.07) is 3.95. The van der Waals surface area contributed by atoms with Crippen LogP contribution in [0.4, 0.5) is 0 Å². The van der Waals surface area contributed by atoms with Crippen LogP contribution in [-0.4, -0.2) is 20.7 Å². The van der Waals surface area contributed by atoms with Gasteiger partial charge in [0.15, 0.2) is 0 Å². The fourth-order valence-corrected chi connectivity index (χ4v) is 3.69. The average Bonchev–Trinajstić information content (AvgIpc) is 3.27. The highest BCUT2D eigenvalue weighted by Gasteiger charge is 2.18. The molecule has 1 amide bonds. The van der Waals surface area contributed by atoms with Gasteiger partial charge >= 0.3 is 0 Å². The predicted molar refractivity (Wildman–Crippen MR) is 92.6 cm³/mol. The largest absolute Gasteiger partial charge is 0.346 e. The number of amides is 1. The second-order valence-electron chi connectivity index (χ2n) is 5.30. The van der Waals surface area contributed by atoms with Gasteiger partial charge in [0.25, 0.3) is 0 Å². The Labute approximate surface area is 143 Å². The summed E-state index contributed by atoms with van der Waals surface area (Å²) in [5, 5.41) is 14.5. The molecule has 1 N–H and O–H groups in total. The van der Waals surface area contributed by atoms with E-state index in [9.17, 15) is 4.79 Å². The van der Waals surface area contributed by atoms with E-state index in [1.54, 1.807) is 33.6 Å². The number of aryl methyl sites for hydroxylation is 2. The summed E-state index contributed by atoms with van der Waals surface area (Å²) in [5.74, 6) is 0.0218. The third kappa shape index (κ3) is 4.49. The van der Waals surface area contributed by atoms with Crippen LogP contribution in [-0.2, 0) is 17.8 Å². The minimum absolute atomic E-state index is 0.0218. The van der Waals surface area contributed by atoms with Crippen molar-refractivity contribution < 1.29 is 4.79 Å². The summed E-state index contributed by atoms with van der Waals surface area (Å²) in [7, 11) is 0. The minimum Gasteiger partial charge on any atom is -0.346 e. The monoisotopic (exact) mass is 346 g/mol. The first-order chi connectivity index (χ1) is 11.2. The lowest BCUT2D eigenvalue weighted by molar-refractivity contribution is -0.122. The molecule has 0 aromatic carbocycles. The standard InChI is InChI=1S/C16H18N4OS2/c1-12-2-6-20(19-12)7-3-15(21)18-14(16-17-5-9-23-16)10-13-4-8-22-11-13/h2,4-6,8-9,11,14H,3,7,10H2,1H3,(H,18,21)/t14-/m0/s1. The lowest BCUT2D eigenvalue weighted by atomic mass is 10.1. The number of carbonyl (C=O) groups is 1. The van der Waals surface area contributed by atoms with Gasteiger partial charge < -0.3 is 5.32 Å². The number of hydrogen-bond donors (Lipinski definition) is 1. The van der Waals surface area contributed by atoms with Gasteiger partial charge in [0, 0.05) is 37.2 Å². The first-order valence-corrected chi connectivity index (χ1v) is 9.23. The number of hydrogen-bond acceptors (Lipinski definition) is 5. The van der Waals surface area contributed by atoms with Gasteiger partial charge in [-0.15, -0.1) is 11.3 Å². The summed E-state index contributed by atoms with van der Waals surface area (Å²) in [6.45, 7) is 2.53. The van der Waals surface area contributed by atoms with E-state index >= 15 is 0 Å². The third-order valence-corrected chi connectivity index (χ3v) is 5.07. The maximum absolute atomic E-state index is 12.3. The van der Waals surface area contributed by atoms with Gasteiger partial charge in [-0.25, -0.2) is 4.98 Å². The lowest BCUT2D eigenvalue weighted by Crippen LogP contribution is -2.30. The van der Waals surface area contributed by atoms with Gasteiger partial charge in [0.2, 0.25) is 5.91 Å². The van der Waals surface area contributed by atoms with Gasteiger partial charge in [-0.2, -0.15) is 16.4 Å². The predicted octanol–water partition coefficient (Wildman–Crippen LogP) is 3.20. The molecule has 0 unspecified atom stereocenters. The van der Waals surface area contributed by atoms with Crippen LogP contribution in [0.5, 0.6) is 0 Å². The van der Waals surface area contributed by atoms with Crippen molar-refractivity contribution in [1.29, 1.82) is 0 Å². The Hall–Kier alpha value is -1.99. The van der Waals surface area contributed by atoms with Crippen LogP contribution in [0, 0.1) is 6.92 Å². The zero-order valence-corrected chi connectivity index (χ0v) is 14.4. The van der Waals surface area contributed by atoms with E-state index in [-0.39, 0.29) is 11.9 Å². The van der Waals surface area contributed by atoms with E-state index < -0.39 is 0 Å². The molecule has 0 bridgehead atoms. The van der Waals surface area contributed by atoms with Gasteiger partial charge in [-0.05, 0) is 35.4 Å². The van der Waals surface area contributed by atoms with Crippen molar-refractivity contribution in [1.82, 2.24) is 20.1 Å². The molecule has 3 heterocycles. The zero-order chi connectivity index (χ0) is 16.1. The Balaban J connectivity index is 1.60. The second-order valence-corrected chi connectivity index (χ2v) is 7.00. The highest BCUT2D eigenvalue weighted by atomic mass is 32.1. The molecule has 0 aliphatic heterocycles. The number of rotatable bonds is 7. The smallest absolute Gasteiger partial charge is 0.222 e. The van der Waals surface area contributed by atoms with E-state index in [4.69, 9.17) is 0 Å². The van der Waals surface area contributed by atoms with Crippen LogP contribution in [0.2, 0.25) is 0 Å². The van der Waals surface area contributed by atoms with Gasteiger partial charge in [-0.3, -0.25) is 9.48 Å². The summed E-state index contributed by atoms with van der Waals surface area (Å²) in [5.41, 5.74) is 2.18. The van der Waals surface area contributed by atoms with Crippen molar-refractivity contribution in [3.05, 3.63) is 56.9 Å². The number of thiazole rings is 1. The molecular formula is C16H18N4OS2. The molecule has 0 saturated carbocycles. The van der Waals surface area contributed by atoms with Crippen molar-refractivity contribution >= 4 is 28.6 Å². The number of carbonyl (C=O) groups excluding carboxylic acids is 1. The highest BCUT2D eigenvalue weighted by Crippen LogP contribution is 2.22. The van der Waals surface area contributed by atoms with Crippen molar-refractivity contribution in [3.8, 4) is 0 Å². The lowest BCUT2D eigenvalue weighted by Gasteiger charge is -2.16. The average molecular weight is 346 g/mol. The van der Waals surface area contributed by atoms with E-state index in [0.29, 0.717) is 13.0 Å². The number of nitrogens with zero attached hydrogens (tertiary/aromatic N) is 3. The number of aromatic nitrogens is 3. The van der Waals surface area contributed by atoms with Crippen LogP contribution >= 0.6 is 22.7 Å². The van der Waals surface area contributed by atoms with Crippen LogP contribution < -0.4 is 5.32 Å². The molecule has 7 heteroatoms. The van der Waals surface area contributed by atoms with Gasteiger partial charge in [-0.1, -0.05) is 0 Å². The number of nitrogens with one attached hydrogen (secondary N) is 1. The van der Waals surface area contributed by atoms with Gasteiger partial charge in [0.05, 0.1) is 11.7 Å². The molecule has 1 atom stereocenters. The molecule has 3 aromatic heterocycles. The van der Waals surface area contributed by atoms with E-state index in [2.05, 4.69) is 32.2 Å². The normalized spacial score (nSPS) is 12.2. The fourth-order valence-electron chi connectivity index (χ4n) is 2.32. The zero-order valence-electron chi connectivity index (χ0n) is 12.8. The highest BCUT2D eigenvalue weighted by molar-refractivity contribution is 7.09. The second kappa shape index (κ2) is 7.52. The van der Waals surface area contributed by atoms with Gasteiger partial charge in [0.1, 0.15) is 5.01 Å². The van der Waals surface area contributed by atoms with Crippen molar-refractivity contribution in [2.24, 2.45) is 0 Å². The Kier molecular flexibility index (Phi) is 5.19. The molecule has 0 saturated heterocycles. The fraction of sp³-hybridized carbons (Fsp3) is 0.312.